The Hall–Kier alpha value is -2.14. The second-order valence-corrected chi connectivity index (χ2v) is 3.98. The van der Waals surface area contributed by atoms with Crippen LogP contribution < -0.4 is 10.5 Å². The fourth-order valence-corrected chi connectivity index (χ4v) is 1.64. The van der Waals surface area contributed by atoms with Crippen molar-refractivity contribution < 1.29 is 18.3 Å². The molecule has 0 radical (unpaired) electrons. The summed E-state index contributed by atoms with van der Waals surface area (Å²) in [4.78, 5) is 0. The van der Waals surface area contributed by atoms with E-state index in [1.807, 2.05) is 6.07 Å². The van der Waals surface area contributed by atoms with E-state index in [0.717, 1.165) is 11.6 Å². The zero-order valence-electron chi connectivity index (χ0n) is 10.3. The molecule has 5 heteroatoms. The number of hydrogen-bond donors (Lipinski definition) is 1. The number of anilines is 1. The lowest BCUT2D eigenvalue weighted by Crippen LogP contribution is -1.97. The Morgan fingerprint density at radius 1 is 1.16 bits per heavy atom. The number of halogens is 2. The van der Waals surface area contributed by atoms with Crippen LogP contribution in [0, 0.1) is 11.6 Å². The first kappa shape index (κ1) is 13.3. The molecule has 3 nitrogen and oxygen atoms in total. The number of nitrogens with two attached hydrogens (primary N) is 1. The highest BCUT2D eigenvalue weighted by atomic mass is 19.1. The SMILES string of the molecule is COCc1cccc(Oc2cc(F)cc(F)c2N)c1. The lowest BCUT2D eigenvalue weighted by Gasteiger charge is -2.10. The minimum Gasteiger partial charge on any atom is -0.455 e. The smallest absolute Gasteiger partial charge is 0.156 e. The Balaban J connectivity index is 2.28. The first-order valence-electron chi connectivity index (χ1n) is 5.60. The predicted molar refractivity (Wildman–Crippen MR) is 68.0 cm³/mol. The maximum Gasteiger partial charge on any atom is 0.156 e. The molecule has 0 saturated carbocycles. The maximum atomic E-state index is 13.3. The van der Waals surface area contributed by atoms with Gasteiger partial charge in [0.15, 0.2) is 11.6 Å². The van der Waals surface area contributed by atoms with Gasteiger partial charge < -0.3 is 15.2 Å². The van der Waals surface area contributed by atoms with Crippen LogP contribution in [0.3, 0.4) is 0 Å². The maximum absolute atomic E-state index is 13.3. The molecule has 0 fully saturated rings. The van der Waals surface area contributed by atoms with Crippen molar-refractivity contribution in [2.24, 2.45) is 0 Å². The van der Waals surface area contributed by atoms with Gasteiger partial charge in [0.05, 0.1) is 6.61 Å². The van der Waals surface area contributed by atoms with Gasteiger partial charge in [-0.1, -0.05) is 12.1 Å². The fourth-order valence-electron chi connectivity index (χ4n) is 1.64. The summed E-state index contributed by atoms with van der Waals surface area (Å²) in [5.74, 6) is -1.20. The molecule has 100 valence electrons. The average molecular weight is 265 g/mol. The molecule has 2 N–H and O–H groups in total. The molecule has 0 aliphatic carbocycles. The van der Waals surface area contributed by atoms with E-state index in [1.165, 1.54) is 0 Å². The Labute approximate surface area is 109 Å². The van der Waals surface area contributed by atoms with Gasteiger partial charge in [0.25, 0.3) is 0 Å². The molecule has 19 heavy (non-hydrogen) atoms. The van der Waals surface area contributed by atoms with E-state index in [0.29, 0.717) is 18.4 Å². The second-order valence-electron chi connectivity index (χ2n) is 3.98. The van der Waals surface area contributed by atoms with Crippen LogP contribution in [0.25, 0.3) is 0 Å². The first-order valence-corrected chi connectivity index (χ1v) is 5.60. The van der Waals surface area contributed by atoms with E-state index in [-0.39, 0.29) is 11.4 Å². The van der Waals surface area contributed by atoms with Gasteiger partial charge in [0, 0.05) is 19.2 Å². The van der Waals surface area contributed by atoms with E-state index >= 15 is 0 Å². The summed E-state index contributed by atoms with van der Waals surface area (Å²) in [6.07, 6.45) is 0. The summed E-state index contributed by atoms with van der Waals surface area (Å²) in [5.41, 5.74) is 6.17. The van der Waals surface area contributed by atoms with Crippen molar-refractivity contribution in [3.63, 3.8) is 0 Å². The molecule has 0 heterocycles. The molecular formula is C14H13F2NO2. The fraction of sp³-hybridized carbons (Fsp3) is 0.143. The van der Waals surface area contributed by atoms with Gasteiger partial charge in [-0.3, -0.25) is 0 Å². The zero-order valence-corrected chi connectivity index (χ0v) is 10.3. The number of nitrogen functional groups attached to an aromatic ring is 1. The molecule has 0 amide bonds. The monoisotopic (exact) mass is 265 g/mol. The highest BCUT2D eigenvalue weighted by Gasteiger charge is 2.10. The summed E-state index contributed by atoms with van der Waals surface area (Å²) < 4.78 is 36.8. The lowest BCUT2D eigenvalue weighted by atomic mass is 10.2. The zero-order chi connectivity index (χ0) is 13.8. The van der Waals surface area contributed by atoms with E-state index < -0.39 is 11.6 Å². The summed E-state index contributed by atoms with van der Waals surface area (Å²) in [6, 6.07) is 8.75. The molecule has 2 aromatic rings. The van der Waals surface area contributed by atoms with Crippen molar-refractivity contribution >= 4 is 5.69 Å². The summed E-state index contributed by atoms with van der Waals surface area (Å²) in [7, 11) is 1.58. The van der Waals surface area contributed by atoms with Crippen LogP contribution in [0.4, 0.5) is 14.5 Å². The minimum atomic E-state index is -0.844. The number of benzene rings is 2. The Morgan fingerprint density at radius 2 is 1.95 bits per heavy atom. The molecule has 0 aromatic heterocycles. The molecule has 0 bridgehead atoms. The molecule has 0 unspecified atom stereocenters. The molecular weight excluding hydrogens is 252 g/mol. The molecule has 0 saturated heterocycles. The average Bonchev–Trinajstić information content (AvgIpc) is 2.36. The van der Waals surface area contributed by atoms with Crippen molar-refractivity contribution in [2.45, 2.75) is 6.61 Å². The van der Waals surface area contributed by atoms with Gasteiger partial charge in [0.2, 0.25) is 0 Å². The van der Waals surface area contributed by atoms with Crippen LogP contribution in [-0.2, 0) is 11.3 Å². The van der Waals surface area contributed by atoms with Crippen molar-refractivity contribution in [1.29, 1.82) is 0 Å². The van der Waals surface area contributed by atoms with E-state index in [4.69, 9.17) is 15.2 Å². The Bertz CT molecular complexity index is 588. The van der Waals surface area contributed by atoms with Gasteiger partial charge in [-0.15, -0.1) is 0 Å². The quantitative estimate of drug-likeness (QED) is 0.861. The van der Waals surface area contributed by atoms with Gasteiger partial charge in [-0.05, 0) is 17.7 Å². The Kier molecular flexibility index (Phi) is 3.97. The molecule has 0 aliphatic heterocycles. The number of ether oxygens (including phenoxy) is 2. The third-order valence-corrected chi connectivity index (χ3v) is 2.49. The van der Waals surface area contributed by atoms with Crippen LogP contribution in [0.5, 0.6) is 11.5 Å². The van der Waals surface area contributed by atoms with Crippen molar-refractivity contribution in [3.8, 4) is 11.5 Å². The highest BCUT2D eigenvalue weighted by molar-refractivity contribution is 5.55. The molecule has 2 rings (SSSR count). The second kappa shape index (κ2) is 5.67. The first-order chi connectivity index (χ1) is 9.10. The minimum absolute atomic E-state index is 0.0490. The van der Waals surface area contributed by atoms with Gasteiger partial charge in [0.1, 0.15) is 17.3 Å². The van der Waals surface area contributed by atoms with Crippen LogP contribution in [0.15, 0.2) is 36.4 Å². The van der Waals surface area contributed by atoms with Gasteiger partial charge in [-0.25, -0.2) is 8.78 Å². The molecule has 0 aliphatic rings. The molecule has 0 spiro atoms. The van der Waals surface area contributed by atoms with E-state index in [1.54, 1.807) is 25.3 Å². The predicted octanol–water partition coefficient (Wildman–Crippen LogP) is 3.49. The number of rotatable bonds is 4. The normalized spacial score (nSPS) is 10.5. The van der Waals surface area contributed by atoms with Gasteiger partial charge >= 0.3 is 0 Å². The highest BCUT2D eigenvalue weighted by Crippen LogP contribution is 2.30. The van der Waals surface area contributed by atoms with Crippen LogP contribution in [0.2, 0.25) is 0 Å². The van der Waals surface area contributed by atoms with E-state index in [9.17, 15) is 8.78 Å². The summed E-state index contributed by atoms with van der Waals surface area (Å²) in [6.45, 7) is 0.421. The molecule has 2 aromatic carbocycles. The third-order valence-electron chi connectivity index (χ3n) is 2.49. The number of methoxy groups -OCH3 is 1. The largest absolute Gasteiger partial charge is 0.455 e. The standard InChI is InChI=1S/C14H13F2NO2/c1-18-8-9-3-2-4-11(5-9)19-13-7-10(15)6-12(16)14(13)17/h2-7H,8,17H2,1H3. The topological polar surface area (TPSA) is 44.5 Å². The molecule has 0 atom stereocenters. The van der Waals surface area contributed by atoms with Crippen LogP contribution >= 0.6 is 0 Å². The lowest BCUT2D eigenvalue weighted by molar-refractivity contribution is 0.184. The summed E-state index contributed by atoms with van der Waals surface area (Å²) >= 11 is 0. The summed E-state index contributed by atoms with van der Waals surface area (Å²) in [5, 5.41) is 0. The Morgan fingerprint density at radius 3 is 2.68 bits per heavy atom. The van der Waals surface area contributed by atoms with Crippen LogP contribution in [0.1, 0.15) is 5.56 Å². The van der Waals surface area contributed by atoms with Crippen molar-refractivity contribution in [2.75, 3.05) is 12.8 Å². The van der Waals surface area contributed by atoms with E-state index in [2.05, 4.69) is 0 Å². The van der Waals surface area contributed by atoms with Crippen molar-refractivity contribution in [3.05, 3.63) is 53.6 Å². The number of hydrogen-bond acceptors (Lipinski definition) is 3. The van der Waals surface area contributed by atoms with Gasteiger partial charge in [-0.2, -0.15) is 0 Å². The third kappa shape index (κ3) is 3.20. The van der Waals surface area contributed by atoms with Crippen molar-refractivity contribution in [1.82, 2.24) is 0 Å². The van der Waals surface area contributed by atoms with Crippen LogP contribution in [-0.4, -0.2) is 7.11 Å².